The maximum absolute atomic E-state index is 11.5. The van der Waals surface area contributed by atoms with Crippen LogP contribution in [0.2, 0.25) is 0 Å². The van der Waals surface area contributed by atoms with Crippen molar-refractivity contribution in [2.45, 2.75) is 25.8 Å². The van der Waals surface area contributed by atoms with E-state index in [9.17, 15) is 9.90 Å². The second-order valence-corrected chi connectivity index (χ2v) is 5.00. The Hall–Kier alpha value is -0.650. The standard InChI is InChI=1S/C12H21NO4/c1-2-10-7-16-6-4-13(10)8-12(11(14)15)3-5-17-9-12/h10H,2-9H2,1H3,(H,14,15). The molecule has 2 atom stereocenters. The number of nitrogens with zero attached hydrogens (tertiary/aromatic N) is 1. The topological polar surface area (TPSA) is 59.0 Å². The summed E-state index contributed by atoms with van der Waals surface area (Å²) in [6.07, 6.45) is 1.62. The van der Waals surface area contributed by atoms with Crippen molar-refractivity contribution in [1.82, 2.24) is 4.90 Å². The van der Waals surface area contributed by atoms with Gasteiger partial charge in [0.15, 0.2) is 0 Å². The van der Waals surface area contributed by atoms with Gasteiger partial charge in [-0.05, 0) is 12.8 Å². The number of ether oxygens (including phenoxy) is 2. The minimum Gasteiger partial charge on any atom is -0.481 e. The largest absolute Gasteiger partial charge is 0.481 e. The first-order valence-corrected chi connectivity index (χ1v) is 6.31. The van der Waals surface area contributed by atoms with Crippen molar-refractivity contribution in [2.75, 3.05) is 39.5 Å². The minimum absolute atomic E-state index is 0.343. The SMILES string of the molecule is CCC1COCCN1CC1(C(=O)O)CCOC1. The molecule has 98 valence electrons. The molecule has 2 heterocycles. The Labute approximate surface area is 102 Å². The zero-order valence-corrected chi connectivity index (χ0v) is 10.4. The Kier molecular flexibility index (Phi) is 4.01. The molecule has 1 N–H and O–H groups in total. The second kappa shape index (κ2) is 5.33. The molecule has 2 aliphatic heterocycles. The molecule has 0 amide bonds. The molecule has 0 aromatic heterocycles. The minimum atomic E-state index is -0.726. The second-order valence-electron chi connectivity index (χ2n) is 5.00. The fraction of sp³-hybridized carbons (Fsp3) is 0.917. The van der Waals surface area contributed by atoms with E-state index in [4.69, 9.17) is 9.47 Å². The van der Waals surface area contributed by atoms with Gasteiger partial charge in [0, 0.05) is 25.7 Å². The van der Waals surface area contributed by atoms with Crippen LogP contribution in [0.1, 0.15) is 19.8 Å². The van der Waals surface area contributed by atoms with Crippen LogP contribution in [0.5, 0.6) is 0 Å². The molecule has 5 heteroatoms. The van der Waals surface area contributed by atoms with Gasteiger partial charge < -0.3 is 14.6 Å². The smallest absolute Gasteiger partial charge is 0.313 e. The molecular weight excluding hydrogens is 222 g/mol. The molecule has 5 nitrogen and oxygen atoms in total. The van der Waals surface area contributed by atoms with Crippen molar-refractivity contribution in [3.8, 4) is 0 Å². The average molecular weight is 243 g/mol. The Morgan fingerprint density at radius 2 is 2.29 bits per heavy atom. The van der Waals surface area contributed by atoms with Gasteiger partial charge in [-0.15, -0.1) is 0 Å². The van der Waals surface area contributed by atoms with E-state index in [1.165, 1.54) is 0 Å². The summed E-state index contributed by atoms with van der Waals surface area (Å²) in [6.45, 7) is 5.85. The summed E-state index contributed by atoms with van der Waals surface area (Å²) in [7, 11) is 0. The van der Waals surface area contributed by atoms with Crippen molar-refractivity contribution in [2.24, 2.45) is 5.41 Å². The van der Waals surface area contributed by atoms with E-state index in [2.05, 4.69) is 11.8 Å². The maximum Gasteiger partial charge on any atom is 0.313 e. The van der Waals surface area contributed by atoms with E-state index in [0.29, 0.717) is 45.4 Å². The summed E-state index contributed by atoms with van der Waals surface area (Å²) in [5.41, 5.74) is -0.704. The third-order valence-corrected chi connectivity index (χ3v) is 3.88. The van der Waals surface area contributed by atoms with Crippen molar-refractivity contribution < 1.29 is 19.4 Å². The Morgan fingerprint density at radius 3 is 2.88 bits per heavy atom. The van der Waals surface area contributed by atoms with Crippen LogP contribution in [0.3, 0.4) is 0 Å². The number of hydrogen-bond donors (Lipinski definition) is 1. The first-order valence-electron chi connectivity index (χ1n) is 6.31. The normalized spacial score (nSPS) is 35.0. The van der Waals surface area contributed by atoms with Gasteiger partial charge in [-0.1, -0.05) is 6.92 Å². The molecule has 2 fully saturated rings. The van der Waals surface area contributed by atoms with Gasteiger partial charge >= 0.3 is 5.97 Å². The summed E-state index contributed by atoms with van der Waals surface area (Å²) < 4.78 is 10.7. The summed E-state index contributed by atoms with van der Waals surface area (Å²) in [4.78, 5) is 13.7. The highest BCUT2D eigenvalue weighted by molar-refractivity contribution is 5.75. The van der Waals surface area contributed by atoms with Crippen LogP contribution in [0.4, 0.5) is 0 Å². The molecule has 2 unspecified atom stereocenters. The molecule has 17 heavy (non-hydrogen) atoms. The van der Waals surface area contributed by atoms with Crippen molar-refractivity contribution in [1.29, 1.82) is 0 Å². The lowest BCUT2D eigenvalue weighted by molar-refractivity contribution is -0.151. The predicted octanol–water partition coefficient (Wildman–Crippen LogP) is 0.589. The van der Waals surface area contributed by atoms with Crippen molar-refractivity contribution >= 4 is 5.97 Å². The van der Waals surface area contributed by atoms with Crippen LogP contribution in [0.25, 0.3) is 0 Å². The fourth-order valence-electron chi connectivity index (χ4n) is 2.63. The van der Waals surface area contributed by atoms with Crippen molar-refractivity contribution in [3.63, 3.8) is 0 Å². The third-order valence-electron chi connectivity index (χ3n) is 3.88. The van der Waals surface area contributed by atoms with Gasteiger partial charge in [0.1, 0.15) is 5.41 Å². The van der Waals surface area contributed by atoms with Gasteiger partial charge in [-0.25, -0.2) is 0 Å². The summed E-state index contributed by atoms with van der Waals surface area (Å²) >= 11 is 0. The van der Waals surface area contributed by atoms with Gasteiger partial charge in [0.25, 0.3) is 0 Å². The quantitative estimate of drug-likeness (QED) is 0.783. The van der Waals surface area contributed by atoms with Crippen LogP contribution in [0.15, 0.2) is 0 Å². The molecule has 2 aliphatic rings. The number of rotatable bonds is 4. The molecule has 0 aromatic rings. The van der Waals surface area contributed by atoms with E-state index in [1.54, 1.807) is 0 Å². The highest BCUT2D eigenvalue weighted by Crippen LogP contribution is 2.31. The summed E-state index contributed by atoms with van der Waals surface area (Å²) in [5, 5.41) is 9.42. The van der Waals surface area contributed by atoms with Crippen molar-refractivity contribution in [3.05, 3.63) is 0 Å². The van der Waals surface area contributed by atoms with E-state index in [-0.39, 0.29) is 0 Å². The molecule has 0 radical (unpaired) electrons. The van der Waals surface area contributed by atoms with Crippen LogP contribution < -0.4 is 0 Å². The van der Waals surface area contributed by atoms with Gasteiger partial charge in [-0.2, -0.15) is 0 Å². The lowest BCUT2D eigenvalue weighted by Crippen LogP contribution is -2.52. The van der Waals surface area contributed by atoms with E-state index in [1.807, 2.05) is 0 Å². The Balaban J connectivity index is 2.04. The number of hydrogen-bond acceptors (Lipinski definition) is 4. The van der Waals surface area contributed by atoms with Gasteiger partial charge in [0.05, 0.1) is 19.8 Å². The lowest BCUT2D eigenvalue weighted by Gasteiger charge is -2.39. The van der Waals surface area contributed by atoms with E-state index < -0.39 is 11.4 Å². The molecule has 2 rings (SSSR count). The maximum atomic E-state index is 11.5. The Bertz CT molecular complexity index is 276. The molecule has 0 aromatic carbocycles. The molecule has 0 bridgehead atoms. The highest BCUT2D eigenvalue weighted by Gasteiger charge is 2.45. The number of carboxylic acid groups (broad SMARTS) is 1. The first kappa shape index (κ1) is 12.8. The monoisotopic (exact) mass is 243 g/mol. The van der Waals surface area contributed by atoms with Gasteiger partial charge in [0.2, 0.25) is 0 Å². The molecular formula is C12H21NO4. The molecule has 0 saturated carbocycles. The summed E-state index contributed by atoms with van der Waals surface area (Å²) in [5.74, 6) is -0.726. The lowest BCUT2D eigenvalue weighted by atomic mass is 9.86. The molecule has 0 spiro atoms. The zero-order valence-electron chi connectivity index (χ0n) is 10.4. The molecule has 0 aliphatic carbocycles. The van der Waals surface area contributed by atoms with Gasteiger partial charge in [-0.3, -0.25) is 9.69 Å². The number of carbonyl (C=O) groups is 1. The first-order chi connectivity index (χ1) is 8.18. The van der Waals surface area contributed by atoms with E-state index >= 15 is 0 Å². The van der Waals surface area contributed by atoms with Crippen LogP contribution in [-0.4, -0.2) is 61.5 Å². The van der Waals surface area contributed by atoms with Crippen LogP contribution in [-0.2, 0) is 14.3 Å². The zero-order chi connectivity index (χ0) is 12.3. The average Bonchev–Trinajstić information content (AvgIpc) is 2.80. The predicted molar refractivity (Wildman–Crippen MR) is 62.0 cm³/mol. The highest BCUT2D eigenvalue weighted by atomic mass is 16.5. The summed E-state index contributed by atoms with van der Waals surface area (Å²) in [6, 6.07) is 0.348. The Morgan fingerprint density at radius 1 is 1.47 bits per heavy atom. The number of morpholine rings is 1. The van der Waals surface area contributed by atoms with Crippen LogP contribution in [0, 0.1) is 5.41 Å². The number of aliphatic carboxylic acids is 1. The molecule has 2 saturated heterocycles. The van der Waals surface area contributed by atoms with E-state index in [0.717, 1.165) is 13.0 Å². The number of carboxylic acids is 1. The fourth-order valence-corrected chi connectivity index (χ4v) is 2.63. The third kappa shape index (κ3) is 2.61. The van der Waals surface area contributed by atoms with Crippen LogP contribution >= 0.6 is 0 Å².